The zero-order chi connectivity index (χ0) is 16.3. The Bertz CT molecular complexity index is 638. The van der Waals surface area contributed by atoms with E-state index in [1.165, 1.54) is 31.2 Å². The molecule has 0 spiro atoms. The lowest BCUT2D eigenvalue weighted by Gasteiger charge is -2.50. The maximum Gasteiger partial charge on any atom is 0.119 e. The summed E-state index contributed by atoms with van der Waals surface area (Å²) in [5, 5.41) is 10.5. The number of hydrogen-bond donors (Lipinski definition) is 1. The van der Waals surface area contributed by atoms with E-state index in [0.29, 0.717) is 24.5 Å². The zero-order valence-electron chi connectivity index (χ0n) is 14.5. The van der Waals surface area contributed by atoms with E-state index in [9.17, 15) is 5.11 Å². The summed E-state index contributed by atoms with van der Waals surface area (Å²) in [6.07, 6.45) is 7.31. The fourth-order valence-corrected chi connectivity index (χ4v) is 5.97. The van der Waals surface area contributed by atoms with Crippen molar-refractivity contribution in [3.63, 3.8) is 0 Å². The van der Waals surface area contributed by atoms with Gasteiger partial charge >= 0.3 is 0 Å². The van der Waals surface area contributed by atoms with E-state index in [0.717, 1.165) is 31.1 Å². The van der Waals surface area contributed by atoms with Gasteiger partial charge in [-0.25, -0.2) is 0 Å². The molecule has 0 radical (unpaired) electrons. The fraction of sp³-hybridized carbons (Fsp3) is 0.714. The van der Waals surface area contributed by atoms with E-state index >= 15 is 0 Å². The zero-order valence-corrected chi connectivity index (χ0v) is 14.5. The van der Waals surface area contributed by atoms with E-state index in [-0.39, 0.29) is 11.5 Å². The number of epoxide rings is 1. The highest BCUT2D eigenvalue weighted by Crippen LogP contribution is 2.60. The van der Waals surface area contributed by atoms with Gasteiger partial charge in [-0.2, -0.15) is 0 Å². The van der Waals surface area contributed by atoms with Crippen LogP contribution in [0.15, 0.2) is 18.2 Å². The van der Waals surface area contributed by atoms with Crippen LogP contribution in [0.2, 0.25) is 0 Å². The number of rotatable bonds is 3. The van der Waals surface area contributed by atoms with Crippen LogP contribution >= 0.6 is 0 Å². The smallest absolute Gasteiger partial charge is 0.119 e. The first-order valence-corrected chi connectivity index (χ1v) is 9.70. The van der Waals surface area contributed by atoms with Crippen molar-refractivity contribution in [3.05, 3.63) is 29.3 Å². The molecule has 3 nitrogen and oxygen atoms in total. The van der Waals surface area contributed by atoms with E-state index in [1.54, 1.807) is 5.56 Å². The predicted molar refractivity (Wildman–Crippen MR) is 92.3 cm³/mol. The van der Waals surface area contributed by atoms with Crippen LogP contribution in [0.4, 0.5) is 0 Å². The van der Waals surface area contributed by atoms with Gasteiger partial charge in [-0.1, -0.05) is 13.0 Å². The molecular formula is C21H28O3. The molecule has 1 aromatic rings. The Labute approximate surface area is 144 Å². The summed E-state index contributed by atoms with van der Waals surface area (Å²) in [6.45, 7) is 3.88. The molecule has 2 saturated carbocycles. The fourth-order valence-electron chi connectivity index (χ4n) is 5.97. The first-order valence-electron chi connectivity index (χ1n) is 9.70. The summed E-state index contributed by atoms with van der Waals surface area (Å²) >= 11 is 0. The normalized spacial score (nSPS) is 42.8. The molecule has 1 N–H and O–H groups in total. The molecule has 1 aromatic carbocycles. The Kier molecular flexibility index (Phi) is 3.47. The first kappa shape index (κ1) is 15.2. The monoisotopic (exact) mass is 328 g/mol. The highest BCUT2D eigenvalue weighted by Gasteiger charge is 2.54. The lowest BCUT2D eigenvalue weighted by Crippen LogP contribution is -2.43. The summed E-state index contributed by atoms with van der Waals surface area (Å²) in [5.41, 5.74) is 3.23. The third-order valence-electron chi connectivity index (χ3n) is 7.49. The van der Waals surface area contributed by atoms with E-state index in [2.05, 4.69) is 25.1 Å². The number of fused-ring (bicyclic) bond motifs is 5. The van der Waals surface area contributed by atoms with Gasteiger partial charge in [-0.05, 0) is 85.0 Å². The molecule has 0 bridgehead atoms. The van der Waals surface area contributed by atoms with Crippen molar-refractivity contribution in [3.8, 4) is 5.75 Å². The minimum Gasteiger partial charge on any atom is -0.491 e. The Hall–Kier alpha value is -1.06. The number of ether oxygens (including phenoxy) is 2. The quantitative estimate of drug-likeness (QED) is 0.861. The number of aliphatic hydroxyl groups is 1. The second kappa shape index (κ2) is 5.47. The minimum atomic E-state index is -0.0785. The molecule has 1 aliphatic heterocycles. The molecule has 130 valence electrons. The minimum absolute atomic E-state index is 0.0785. The van der Waals surface area contributed by atoms with E-state index in [1.807, 2.05) is 0 Å². The molecule has 3 aliphatic carbocycles. The second-order valence-corrected chi connectivity index (χ2v) is 8.68. The van der Waals surface area contributed by atoms with Crippen LogP contribution in [0.5, 0.6) is 5.75 Å². The maximum atomic E-state index is 10.5. The second-order valence-electron chi connectivity index (χ2n) is 8.68. The van der Waals surface area contributed by atoms with Crippen molar-refractivity contribution in [1.29, 1.82) is 0 Å². The van der Waals surface area contributed by atoms with Crippen molar-refractivity contribution in [2.24, 2.45) is 17.3 Å². The van der Waals surface area contributed by atoms with Crippen LogP contribution in [-0.2, 0) is 11.2 Å². The molecule has 3 fully saturated rings. The summed E-state index contributed by atoms with van der Waals surface area (Å²) in [4.78, 5) is 0. The largest absolute Gasteiger partial charge is 0.491 e. The Balaban J connectivity index is 1.38. The summed E-state index contributed by atoms with van der Waals surface area (Å²) in [5.74, 6) is 3.17. The van der Waals surface area contributed by atoms with Gasteiger partial charge in [-0.3, -0.25) is 0 Å². The van der Waals surface area contributed by atoms with Gasteiger partial charge in [0, 0.05) is 0 Å². The van der Waals surface area contributed by atoms with Crippen molar-refractivity contribution in [2.45, 2.75) is 63.6 Å². The molecule has 4 aliphatic rings. The first-order chi connectivity index (χ1) is 11.6. The SMILES string of the molecule is C[C@]12CC[C@@H]3c4ccc(OCC5CO5)cc4CC[C@H]3[C@@H]1CC[C@@H]2O. The van der Waals surface area contributed by atoms with Crippen LogP contribution in [0.25, 0.3) is 0 Å². The molecule has 1 heterocycles. The topological polar surface area (TPSA) is 42.0 Å². The molecular weight excluding hydrogens is 300 g/mol. The maximum absolute atomic E-state index is 10.5. The summed E-state index contributed by atoms with van der Waals surface area (Å²) in [7, 11) is 0. The van der Waals surface area contributed by atoms with E-state index < -0.39 is 0 Å². The highest BCUT2D eigenvalue weighted by molar-refractivity contribution is 5.40. The van der Waals surface area contributed by atoms with Gasteiger partial charge in [0.1, 0.15) is 18.5 Å². The van der Waals surface area contributed by atoms with Crippen molar-refractivity contribution in [1.82, 2.24) is 0 Å². The number of aryl methyl sites for hydroxylation is 1. The molecule has 0 aromatic heterocycles. The van der Waals surface area contributed by atoms with Gasteiger partial charge in [0.25, 0.3) is 0 Å². The third kappa shape index (κ3) is 2.32. The Morgan fingerprint density at radius 1 is 1.25 bits per heavy atom. The third-order valence-corrected chi connectivity index (χ3v) is 7.49. The lowest BCUT2D eigenvalue weighted by atomic mass is 9.55. The highest BCUT2D eigenvalue weighted by atomic mass is 16.6. The van der Waals surface area contributed by atoms with Crippen molar-refractivity contribution in [2.75, 3.05) is 13.2 Å². The molecule has 5 rings (SSSR count). The van der Waals surface area contributed by atoms with Gasteiger partial charge in [0.2, 0.25) is 0 Å². The van der Waals surface area contributed by atoms with Crippen LogP contribution < -0.4 is 4.74 Å². The van der Waals surface area contributed by atoms with Crippen LogP contribution in [0.1, 0.15) is 56.1 Å². The van der Waals surface area contributed by atoms with Gasteiger partial charge < -0.3 is 14.6 Å². The van der Waals surface area contributed by atoms with Crippen molar-refractivity contribution < 1.29 is 14.6 Å². The lowest BCUT2D eigenvalue weighted by molar-refractivity contribution is -0.0226. The van der Waals surface area contributed by atoms with Crippen LogP contribution in [0.3, 0.4) is 0 Å². The van der Waals surface area contributed by atoms with Crippen LogP contribution in [0, 0.1) is 17.3 Å². The molecule has 6 atom stereocenters. The number of hydrogen-bond acceptors (Lipinski definition) is 3. The summed E-state index contributed by atoms with van der Waals surface area (Å²) < 4.78 is 11.1. The summed E-state index contributed by atoms with van der Waals surface area (Å²) in [6, 6.07) is 6.75. The van der Waals surface area contributed by atoms with E-state index in [4.69, 9.17) is 9.47 Å². The molecule has 24 heavy (non-hydrogen) atoms. The number of benzene rings is 1. The Morgan fingerprint density at radius 2 is 2.12 bits per heavy atom. The van der Waals surface area contributed by atoms with Gasteiger partial charge in [0.15, 0.2) is 0 Å². The van der Waals surface area contributed by atoms with Gasteiger partial charge in [-0.15, -0.1) is 0 Å². The average molecular weight is 328 g/mol. The standard InChI is InChI=1S/C21H28O3/c1-21-9-8-17-16-5-3-14(23-11-15-12-24-15)10-13(16)2-4-18(17)19(21)6-7-20(21)22/h3,5,10,15,17-20,22H,2,4,6-9,11-12H2,1H3/t15?,17-,18-,19+,20+,21+/m1/s1. The van der Waals surface area contributed by atoms with Crippen molar-refractivity contribution >= 4 is 0 Å². The Morgan fingerprint density at radius 3 is 2.96 bits per heavy atom. The molecule has 0 amide bonds. The van der Waals surface area contributed by atoms with Gasteiger partial charge in [0.05, 0.1) is 12.7 Å². The average Bonchev–Trinajstić information content (AvgIpc) is 3.37. The molecule has 1 unspecified atom stereocenters. The molecule has 3 heteroatoms. The molecule has 1 saturated heterocycles. The predicted octanol–water partition coefficient (Wildman–Crippen LogP) is 3.68. The van der Waals surface area contributed by atoms with Crippen LogP contribution in [-0.4, -0.2) is 30.5 Å². The number of aliphatic hydroxyl groups excluding tert-OH is 1.